The fourth-order valence-corrected chi connectivity index (χ4v) is 2.36. The predicted octanol–water partition coefficient (Wildman–Crippen LogP) is 0.890. The molecule has 0 aromatic carbocycles. The molecule has 3 nitrogen and oxygen atoms in total. The molecule has 2 atom stereocenters. The lowest BCUT2D eigenvalue weighted by atomic mass is 9.86. The van der Waals surface area contributed by atoms with Crippen molar-refractivity contribution in [3.63, 3.8) is 0 Å². The van der Waals surface area contributed by atoms with E-state index in [1.807, 2.05) is 0 Å². The zero-order valence-electron chi connectivity index (χ0n) is 7.84. The van der Waals surface area contributed by atoms with Crippen LogP contribution in [0.15, 0.2) is 0 Å². The van der Waals surface area contributed by atoms with Crippen LogP contribution in [0.5, 0.6) is 0 Å². The molecule has 0 aromatic rings. The van der Waals surface area contributed by atoms with Crippen LogP contribution in [0.25, 0.3) is 0 Å². The van der Waals surface area contributed by atoms with Crippen LogP contribution in [0.2, 0.25) is 0 Å². The number of hydrogen-bond donors (Lipinski definition) is 2. The second-order valence-electron chi connectivity index (χ2n) is 4.18. The molecule has 1 saturated carbocycles. The van der Waals surface area contributed by atoms with Crippen LogP contribution in [0, 0.1) is 5.92 Å². The van der Waals surface area contributed by atoms with Gasteiger partial charge in [0.25, 0.3) is 0 Å². The van der Waals surface area contributed by atoms with Gasteiger partial charge in [-0.05, 0) is 18.8 Å². The molecule has 2 fully saturated rings. The van der Waals surface area contributed by atoms with Gasteiger partial charge in [-0.1, -0.05) is 19.8 Å². The molecule has 2 unspecified atom stereocenters. The summed E-state index contributed by atoms with van der Waals surface area (Å²) in [6.07, 6.45) is 5.64. The van der Waals surface area contributed by atoms with Gasteiger partial charge in [0, 0.05) is 6.04 Å². The van der Waals surface area contributed by atoms with Crippen LogP contribution in [-0.4, -0.2) is 24.3 Å². The summed E-state index contributed by atoms with van der Waals surface area (Å²) in [5.41, 5.74) is 6.32. The Hall–Kier alpha value is -0.120. The van der Waals surface area contributed by atoms with Crippen LogP contribution in [0.1, 0.15) is 32.6 Å². The van der Waals surface area contributed by atoms with Crippen molar-refractivity contribution in [1.82, 2.24) is 15.8 Å². The fourth-order valence-electron chi connectivity index (χ4n) is 2.36. The lowest BCUT2D eigenvalue weighted by Crippen LogP contribution is -2.37. The monoisotopic (exact) mass is 169 g/mol. The highest BCUT2D eigenvalue weighted by molar-refractivity contribution is 4.79. The summed E-state index contributed by atoms with van der Waals surface area (Å²) in [6.45, 7) is 4.43. The second kappa shape index (κ2) is 3.73. The maximum Gasteiger partial charge on any atom is 0.0629 e. The second-order valence-corrected chi connectivity index (χ2v) is 4.18. The minimum Gasteiger partial charge on any atom is -0.273 e. The van der Waals surface area contributed by atoms with E-state index in [-0.39, 0.29) is 0 Å². The quantitative estimate of drug-likeness (QED) is 0.610. The highest BCUT2D eigenvalue weighted by Gasteiger charge is 2.25. The molecule has 0 bridgehead atoms. The standard InChI is InChI=1S/C9H19N3/c1-8-3-2-4-9(5-8)12-6-10-11-7-12/h8-11H,2-7H2,1H3. The Kier molecular flexibility index (Phi) is 2.63. The Balaban J connectivity index is 1.85. The van der Waals surface area contributed by atoms with Crippen molar-refractivity contribution in [1.29, 1.82) is 0 Å². The molecule has 1 saturated heterocycles. The third-order valence-electron chi connectivity index (χ3n) is 3.11. The van der Waals surface area contributed by atoms with E-state index in [0.717, 1.165) is 25.3 Å². The molecule has 1 heterocycles. The Morgan fingerprint density at radius 3 is 2.58 bits per heavy atom. The highest BCUT2D eigenvalue weighted by atomic mass is 15.5. The van der Waals surface area contributed by atoms with Crippen molar-refractivity contribution >= 4 is 0 Å². The third kappa shape index (κ3) is 1.79. The Bertz CT molecular complexity index is 143. The molecule has 12 heavy (non-hydrogen) atoms. The summed E-state index contributed by atoms with van der Waals surface area (Å²) in [6, 6.07) is 0.830. The van der Waals surface area contributed by atoms with Crippen molar-refractivity contribution < 1.29 is 0 Å². The maximum absolute atomic E-state index is 3.16. The molecule has 0 aromatic heterocycles. The first kappa shape index (κ1) is 8.48. The van der Waals surface area contributed by atoms with Crippen molar-refractivity contribution in [3.05, 3.63) is 0 Å². The van der Waals surface area contributed by atoms with E-state index in [0.29, 0.717) is 0 Å². The molecule has 1 aliphatic heterocycles. The van der Waals surface area contributed by atoms with Gasteiger partial charge in [-0.2, -0.15) is 0 Å². The van der Waals surface area contributed by atoms with E-state index in [4.69, 9.17) is 0 Å². The smallest absolute Gasteiger partial charge is 0.0629 e. The highest BCUT2D eigenvalue weighted by Crippen LogP contribution is 2.26. The van der Waals surface area contributed by atoms with Crippen molar-refractivity contribution in [2.24, 2.45) is 5.92 Å². The average molecular weight is 169 g/mol. The normalized spacial score (nSPS) is 38.8. The largest absolute Gasteiger partial charge is 0.273 e. The van der Waals surface area contributed by atoms with Gasteiger partial charge in [-0.15, -0.1) is 0 Å². The Morgan fingerprint density at radius 1 is 1.17 bits per heavy atom. The SMILES string of the molecule is CC1CCCC(N2CNNC2)C1. The molecule has 2 N–H and O–H groups in total. The molecule has 2 rings (SSSR count). The average Bonchev–Trinajstić information content (AvgIpc) is 2.56. The van der Waals surface area contributed by atoms with Gasteiger partial charge in [-0.25, -0.2) is 10.9 Å². The van der Waals surface area contributed by atoms with Crippen LogP contribution in [0.3, 0.4) is 0 Å². The first-order valence-electron chi connectivity index (χ1n) is 5.06. The molecule has 3 heteroatoms. The van der Waals surface area contributed by atoms with Crippen molar-refractivity contribution in [3.8, 4) is 0 Å². The summed E-state index contributed by atoms with van der Waals surface area (Å²) < 4.78 is 0. The molecule has 1 aliphatic carbocycles. The van der Waals surface area contributed by atoms with E-state index in [1.54, 1.807) is 0 Å². The maximum atomic E-state index is 3.16. The van der Waals surface area contributed by atoms with Crippen LogP contribution in [0.4, 0.5) is 0 Å². The summed E-state index contributed by atoms with van der Waals surface area (Å²) in [5, 5.41) is 0. The van der Waals surface area contributed by atoms with Gasteiger partial charge in [0.1, 0.15) is 0 Å². The van der Waals surface area contributed by atoms with E-state index < -0.39 is 0 Å². The zero-order chi connectivity index (χ0) is 8.39. The number of nitrogens with one attached hydrogen (secondary N) is 2. The molecular formula is C9H19N3. The predicted molar refractivity (Wildman–Crippen MR) is 49.3 cm³/mol. The zero-order valence-corrected chi connectivity index (χ0v) is 7.84. The van der Waals surface area contributed by atoms with Crippen molar-refractivity contribution in [2.45, 2.75) is 38.6 Å². The van der Waals surface area contributed by atoms with Gasteiger partial charge in [0.15, 0.2) is 0 Å². The topological polar surface area (TPSA) is 27.3 Å². The Labute approximate surface area is 74.5 Å². The summed E-state index contributed by atoms with van der Waals surface area (Å²) >= 11 is 0. The third-order valence-corrected chi connectivity index (χ3v) is 3.11. The van der Waals surface area contributed by atoms with Crippen molar-refractivity contribution in [2.75, 3.05) is 13.3 Å². The number of rotatable bonds is 1. The fraction of sp³-hybridized carbons (Fsp3) is 1.00. The number of hydrogen-bond acceptors (Lipinski definition) is 3. The molecule has 2 aliphatic rings. The van der Waals surface area contributed by atoms with E-state index >= 15 is 0 Å². The number of hydrazine groups is 1. The molecular weight excluding hydrogens is 150 g/mol. The first-order valence-corrected chi connectivity index (χ1v) is 5.06. The Morgan fingerprint density at radius 2 is 1.92 bits per heavy atom. The van der Waals surface area contributed by atoms with Gasteiger partial charge in [0.2, 0.25) is 0 Å². The molecule has 70 valence electrons. The summed E-state index contributed by atoms with van der Waals surface area (Å²) in [7, 11) is 0. The molecule has 0 spiro atoms. The van der Waals surface area contributed by atoms with E-state index in [2.05, 4.69) is 22.7 Å². The van der Waals surface area contributed by atoms with Gasteiger partial charge < -0.3 is 0 Å². The van der Waals surface area contributed by atoms with Crippen LogP contribution in [-0.2, 0) is 0 Å². The molecule has 0 amide bonds. The van der Waals surface area contributed by atoms with Crippen LogP contribution < -0.4 is 10.9 Å². The van der Waals surface area contributed by atoms with E-state index in [1.165, 1.54) is 25.7 Å². The van der Waals surface area contributed by atoms with Gasteiger partial charge >= 0.3 is 0 Å². The minimum atomic E-state index is 0.830. The summed E-state index contributed by atoms with van der Waals surface area (Å²) in [5.74, 6) is 0.935. The molecule has 0 radical (unpaired) electrons. The first-order chi connectivity index (χ1) is 5.86. The number of nitrogens with zero attached hydrogens (tertiary/aromatic N) is 1. The lowest BCUT2D eigenvalue weighted by Gasteiger charge is -2.32. The van der Waals surface area contributed by atoms with Gasteiger partial charge in [0.05, 0.1) is 13.3 Å². The lowest BCUT2D eigenvalue weighted by molar-refractivity contribution is 0.159. The van der Waals surface area contributed by atoms with Gasteiger partial charge in [-0.3, -0.25) is 4.90 Å². The van der Waals surface area contributed by atoms with Crippen LogP contribution >= 0.6 is 0 Å². The minimum absolute atomic E-state index is 0.830. The van der Waals surface area contributed by atoms with E-state index in [9.17, 15) is 0 Å². The summed E-state index contributed by atoms with van der Waals surface area (Å²) in [4.78, 5) is 2.51.